The van der Waals surface area contributed by atoms with Crippen molar-refractivity contribution in [3.8, 4) is 5.88 Å². The number of pyridine rings is 1. The van der Waals surface area contributed by atoms with E-state index in [1.165, 1.54) is 0 Å². The Balaban J connectivity index is 2.03. The number of morpholine rings is 1. The number of nitrogens with one attached hydrogen (secondary N) is 1. The van der Waals surface area contributed by atoms with Gasteiger partial charge in [-0.3, -0.25) is 4.79 Å². The number of aromatic nitrogens is 1. The molecule has 2 heterocycles. The van der Waals surface area contributed by atoms with Gasteiger partial charge in [0.2, 0.25) is 5.88 Å². The molecule has 1 saturated heterocycles. The van der Waals surface area contributed by atoms with Crippen LogP contribution >= 0.6 is 0 Å². The Morgan fingerprint density at radius 3 is 3.17 bits per heavy atom. The van der Waals surface area contributed by atoms with Gasteiger partial charge in [0.1, 0.15) is 18.3 Å². The van der Waals surface area contributed by atoms with Crippen molar-refractivity contribution in [2.24, 2.45) is 5.73 Å². The lowest BCUT2D eigenvalue weighted by molar-refractivity contribution is -0.000940. The fraction of sp³-hybridized carbons (Fsp3) is 0.500. The second-order valence-corrected chi connectivity index (χ2v) is 4.18. The predicted octanol–water partition coefficient (Wildman–Crippen LogP) is -0.144. The maximum Gasteiger partial charge on any atom is 0.254 e. The molecule has 98 valence electrons. The largest absolute Gasteiger partial charge is 0.474 e. The number of primary amides is 1. The molecule has 1 amide bonds. The molecule has 1 aromatic rings. The molecule has 1 aliphatic rings. The van der Waals surface area contributed by atoms with Crippen molar-refractivity contribution >= 4 is 5.91 Å². The van der Waals surface area contributed by atoms with Crippen molar-refractivity contribution < 1.29 is 14.3 Å². The van der Waals surface area contributed by atoms with Crippen molar-refractivity contribution in [1.82, 2.24) is 10.3 Å². The Kier molecular flexibility index (Phi) is 4.11. The van der Waals surface area contributed by atoms with Crippen LogP contribution in [0.2, 0.25) is 0 Å². The molecule has 1 fully saturated rings. The summed E-state index contributed by atoms with van der Waals surface area (Å²) < 4.78 is 11.0. The first kappa shape index (κ1) is 12.8. The molecule has 1 unspecified atom stereocenters. The van der Waals surface area contributed by atoms with Gasteiger partial charge in [0, 0.05) is 18.8 Å². The van der Waals surface area contributed by atoms with Crippen LogP contribution in [0.1, 0.15) is 16.1 Å². The predicted molar refractivity (Wildman–Crippen MR) is 65.6 cm³/mol. The smallest absolute Gasteiger partial charge is 0.254 e. The van der Waals surface area contributed by atoms with E-state index in [0.717, 1.165) is 18.8 Å². The highest BCUT2D eigenvalue weighted by atomic mass is 16.5. The average molecular weight is 251 g/mol. The Bertz CT molecular complexity index is 431. The number of hydrogen-bond donors (Lipinski definition) is 2. The van der Waals surface area contributed by atoms with E-state index in [1.807, 2.05) is 6.92 Å². The normalized spacial score (nSPS) is 19.5. The number of ether oxygens (including phenoxy) is 2. The summed E-state index contributed by atoms with van der Waals surface area (Å²) in [4.78, 5) is 15.4. The lowest BCUT2D eigenvalue weighted by Gasteiger charge is -2.23. The summed E-state index contributed by atoms with van der Waals surface area (Å²) in [6.07, 6.45) is -0.0261. The summed E-state index contributed by atoms with van der Waals surface area (Å²) in [7, 11) is 0. The summed E-state index contributed by atoms with van der Waals surface area (Å²) in [5.74, 6) is -0.267. The third-order valence-electron chi connectivity index (χ3n) is 2.68. The van der Waals surface area contributed by atoms with Gasteiger partial charge in [-0.2, -0.15) is 0 Å². The molecule has 0 saturated carbocycles. The van der Waals surface area contributed by atoms with Gasteiger partial charge in [-0.05, 0) is 19.1 Å². The van der Waals surface area contributed by atoms with Crippen LogP contribution in [0.5, 0.6) is 5.88 Å². The summed E-state index contributed by atoms with van der Waals surface area (Å²) in [6.45, 7) is 4.43. The number of nitrogens with two attached hydrogens (primary N) is 1. The van der Waals surface area contributed by atoms with Crippen LogP contribution in [-0.2, 0) is 4.74 Å². The van der Waals surface area contributed by atoms with Crippen molar-refractivity contribution in [2.75, 3.05) is 26.3 Å². The van der Waals surface area contributed by atoms with E-state index in [0.29, 0.717) is 18.8 Å². The average Bonchev–Trinajstić information content (AvgIpc) is 2.37. The van der Waals surface area contributed by atoms with Crippen LogP contribution in [0.4, 0.5) is 0 Å². The van der Waals surface area contributed by atoms with E-state index in [-0.39, 0.29) is 12.0 Å². The maximum atomic E-state index is 11.2. The van der Waals surface area contributed by atoms with Crippen molar-refractivity contribution in [2.45, 2.75) is 13.0 Å². The quantitative estimate of drug-likeness (QED) is 0.777. The topological polar surface area (TPSA) is 86.5 Å². The van der Waals surface area contributed by atoms with Crippen LogP contribution in [0.25, 0.3) is 0 Å². The summed E-state index contributed by atoms with van der Waals surface area (Å²) in [6, 6.07) is 3.35. The van der Waals surface area contributed by atoms with Crippen LogP contribution in [0, 0.1) is 6.92 Å². The third kappa shape index (κ3) is 3.18. The Morgan fingerprint density at radius 1 is 1.67 bits per heavy atom. The zero-order valence-corrected chi connectivity index (χ0v) is 10.3. The van der Waals surface area contributed by atoms with Gasteiger partial charge in [0.25, 0.3) is 5.91 Å². The molecule has 0 spiro atoms. The van der Waals surface area contributed by atoms with E-state index in [2.05, 4.69) is 10.3 Å². The Hall–Kier alpha value is -1.66. The molecule has 1 aromatic heterocycles. The molecule has 6 nitrogen and oxygen atoms in total. The maximum absolute atomic E-state index is 11.2. The van der Waals surface area contributed by atoms with Crippen molar-refractivity contribution in [3.63, 3.8) is 0 Å². The van der Waals surface area contributed by atoms with Gasteiger partial charge in [0.15, 0.2) is 0 Å². The highest BCUT2D eigenvalue weighted by Gasteiger charge is 2.17. The van der Waals surface area contributed by atoms with Gasteiger partial charge in [-0.15, -0.1) is 0 Å². The second kappa shape index (κ2) is 5.79. The molecule has 18 heavy (non-hydrogen) atoms. The number of hydrogen-bond acceptors (Lipinski definition) is 5. The summed E-state index contributed by atoms with van der Waals surface area (Å²) in [5, 5.41) is 3.20. The molecule has 1 atom stereocenters. The standard InChI is InChI=1S/C12H17N3O3/c1-8-2-3-10(11(13)16)12(15-8)18-7-9-6-14-4-5-17-9/h2-3,9,14H,4-7H2,1H3,(H2,13,16). The minimum atomic E-state index is -0.541. The van der Waals surface area contributed by atoms with Crippen molar-refractivity contribution in [3.05, 3.63) is 23.4 Å². The minimum Gasteiger partial charge on any atom is -0.474 e. The van der Waals surface area contributed by atoms with E-state index in [4.69, 9.17) is 15.2 Å². The Labute approximate surface area is 105 Å². The van der Waals surface area contributed by atoms with E-state index < -0.39 is 5.91 Å². The monoisotopic (exact) mass is 251 g/mol. The molecular weight excluding hydrogens is 234 g/mol. The van der Waals surface area contributed by atoms with E-state index in [9.17, 15) is 4.79 Å². The van der Waals surface area contributed by atoms with Crippen LogP contribution < -0.4 is 15.8 Å². The lowest BCUT2D eigenvalue weighted by Crippen LogP contribution is -2.41. The van der Waals surface area contributed by atoms with Crippen LogP contribution in [0.3, 0.4) is 0 Å². The van der Waals surface area contributed by atoms with Gasteiger partial charge in [0.05, 0.1) is 6.61 Å². The van der Waals surface area contributed by atoms with Crippen LogP contribution in [0.15, 0.2) is 12.1 Å². The lowest BCUT2D eigenvalue weighted by atomic mass is 10.2. The first-order chi connectivity index (χ1) is 8.66. The number of amides is 1. The highest BCUT2D eigenvalue weighted by molar-refractivity contribution is 5.95. The van der Waals surface area contributed by atoms with Gasteiger partial charge in [-0.1, -0.05) is 0 Å². The minimum absolute atomic E-state index is 0.0261. The van der Waals surface area contributed by atoms with Gasteiger partial charge < -0.3 is 20.5 Å². The number of carbonyl (C=O) groups excluding carboxylic acids is 1. The SMILES string of the molecule is Cc1ccc(C(N)=O)c(OCC2CNCCO2)n1. The molecule has 0 radical (unpaired) electrons. The first-order valence-corrected chi connectivity index (χ1v) is 5.89. The van der Waals surface area contributed by atoms with Crippen LogP contribution in [-0.4, -0.2) is 43.3 Å². The molecule has 1 aliphatic heterocycles. The molecule has 2 rings (SSSR count). The number of carbonyl (C=O) groups is 1. The zero-order chi connectivity index (χ0) is 13.0. The zero-order valence-electron chi connectivity index (χ0n) is 10.3. The molecule has 0 aromatic carbocycles. The molecule has 6 heteroatoms. The van der Waals surface area contributed by atoms with Crippen molar-refractivity contribution in [1.29, 1.82) is 0 Å². The van der Waals surface area contributed by atoms with E-state index >= 15 is 0 Å². The van der Waals surface area contributed by atoms with E-state index in [1.54, 1.807) is 12.1 Å². The number of aryl methyl sites for hydroxylation is 1. The Morgan fingerprint density at radius 2 is 2.50 bits per heavy atom. The van der Waals surface area contributed by atoms with Gasteiger partial charge in [-0.25, -0.2) is 4.98 Å². The summed E-state index contributed by atoms with van der Waals surface area (Å²) >= 11 is 0. The fourth-order valence-corrected chi connectivity index (χ4v) is 1.73. The molecule has 0 aliphatic carbocycles. The van der Waals surface area contributed by atoms with Gasteiger partial charge >= 0.3 is 0 Å². The highest BCUT2D eigenvalue weighted by Crippen LogP contribution is 2.16. The molecule has 3 N–H and O–H groups in total. The summed E-state index contributed by atoms with van der Waals surface area (Å²) in [5.41, 5.74) is 6.34. The number of rotatable bonds is 4. The molecule has 0 bridgehead atoms. The first-order valence-electron chi connectivity index (χ1n) is 5.89. The fourth-order valence-electron chi connectivity index (χ4n) is 1.73. The number of nitrogens with zero attached hydrogens (tertiary/aromatic N) is 1. The molecular formula is C12H17N3O3. The third-order valence-corrected chi connectivity index (χ3v) is 2.68. The second-order valence-electron chi connectivity index (χ2n) is 4.18.